The molecule has 1 aliphatic rings. The van der Waals surface area contributed by atoms with Crippen molar-refractivity contribution in [2.75, 3.05) is 13.7 Å². The highest BCUT2D eigenvalue weighted by molar-refractivity contribution is 7.87. The number of alkyl halides is 3. The van der Waals surface area contributed by atoms with Crippen LogP contribution in [0.2, 0.25) is 0 Å². The van der Waals surface area contributed by atoms with Gasteiger partial charge >= 0.3 is 21.6 Å². The second-order valence-corrected chi connectivity index (χ2v) is 9.51. The van der Waals surface area contributed by atoms with Gasteiger partial charge in [-0.15, -0.1) is 0 Å². The van der Waals surface area contributed by atoms with Gasteiger partial charge in [-0.05, 0) is 22.8 Å². The summed E-state index contributed by atoms with van der Waals surface area (Å²) in [5.41, 5.74) is -4.80. The lowest BCUT2D eigenvalue weighted by atomic mass is 9.75. The van der Waals surface area contributed by atoms with Crippen molar-refractivity contribution in [1.82, 2.24) is 4.90 Å². The predicted molar refractivity (Wildman–Crippen MR) is 126 cm³/mol. The van der Waals surface area contributed by atoms with Gasteiger partial charge in [-0.3, -0.25) is 4.90 Å². The molecule has 0 saturated heterocycles. The molecular weight excluding hydrogens is 495 g/mol. The molecule has 0 bridgehead atoms. The molecule has 0 unspecified atom stereocenters. The molecule has 10 heteroatoms. The highest BCUT2D eigenvalue weighted by atomic mass is 32.2. The number of nitrogens with zero attached hydrogens (tertiary/aromatic N) is 1. The first-order chi connectivity index (χ1) is 17.1. The summed E-state index contributed by atoms with van der Waals surface area (Å²) in [4.78, 5) is 14.6. The van der Waals surface area contributed by atoms with E-state index in [9.17, 15) is 26.4 Å². The molecule has 1 aliphatic heterocycles. The first-order valence-corrected chi connectivity index (χ1v) is 12.3. The zero-order valence-electron chi connectivity index (χ0n) is 19.1. The number of hydrogen-bond acceptors (Lipinski definition) is 6. The smallest absolute Gasteiger partial charge is 0.467 e. The van der Waals surface area contributed by atoms with Crippen LogP contribution in [0.4, 0.5) is 13.2 Å². The minimum absolute atomic E-state index is 0.110. The van der Waals surface area contributed by atoms with E-state index in [1.54, 1.807) is 41.3 Å². The van der Waals surface area contributed by atoms with Crippen LogP contribution in [0.5, 0.6) is 0 Å². The SMILES string of the molecule is COC(=O)[C@@H]1C(OS(=O)(=O)C(F)(F)F)=CCN1C(c1ccccc1)(c1ccccc1)c1ccccc1. The van der Waals surface area contributed by atoms with E-state index in [4.69, 9.17) is 4.74 Å². The Labute approximate surface area is 206 Å². The molecule has 1 atom stereocenters. The van der Waals surface area contributed by atoms with Crippen molar-refractivity contribution in [3.05, 3.63) is 120 Å². The fraction of sp³-hybridized carbons (Fsp3) is 0.192. The van der Waals surface area contributed by atoms with Gasteiger partial charge in [0.05, 0.1) is 12.6 Å². The molecule has 0 fully saturated rings. The molecule has 3 aromatic carbocycles. The monoisotopic (exact) mass is 517 g/mol. The zero-order valence-corrected chi connectivity index (χ0v) is 19.9. The Kier molecular flexibility index (Phi) is 6.92. The molecule has 4 rings (SSSR count). The van der Waals surface area contributed by atoms with E-state index in [0.29, 0.717) is 16.7 Å². The van der Waals surface area contributed by atoms with Crippen molar-refractivity contribution in [3.63, 3.8) is 0 Å². The summed E-state index contributed by atoms with van der Waals surface area (Å²) in [5, 5.41) is 0. The minimum Gasteiger partial charge on any atom is -0.467 e. The van der Waals surface area contributed by atoms with Crippen LogP contribution in [0.15, 0.2) is 103 Å². The van der Waals surface area contributed by atoms with Gasteiger partial charge in [0.25, 0.3) is 0 Å². The van der Waals surface area contributed by atoms with Gasteiger partial charge in [0.2, 0.25) is 0 Å². The summed E-state index contributed by atoms with van der Waals surface area (Å²) in [7, 11) is -4.95. The Bertz CT molecular complexity index is 1250. The van der Waals surface area contributed by atoms with Crippen LogP contribution >= 0.6 is 0 Å². The van der Waals surface area contributed by atoms with E-state index in [1.807, 2.05) is 54.6 Å². The molecule has 6 nitrogen and oxygen atoms in total. The standard InChI is InChI=1S/C26H22F3NO5S/c1-34-24(31)23-22(35-36(32,33)26(27,28)29)17-18-30(23)25(19-11-5-2-6-12-19,20-13-7-3-8-14-20)21-15-9-4-10-16-21/h2-17,23H,18H2,1H3/t23-/m0/s1. The Morgan fingerprint density at radius 2 is 1.25 bits per heavy atom. The van der Waals surface area contributed by atoms with Gasteiger partial charge in [-0.2, -0.15) is 21.6 Å². The maximum absolute atomic E-state index is 13.2. The van der Waals surface area contributed by atoms with Gasteiger partial charge in [0, 0.05) is 6.54 Å². The van der Waals surface area contributed by atoms with E-state index in [1.165, 1.54) is 0 Å². The van der Waals surface area contributed by atoms with Crippen molar-refractivity contribution < 1.29 is 35.3 Å². The number of rotatable bonds is 7. The number of benzene rings is 3. The van der Waals surface area contributed by atoms with Crippen LogP contribution in [0.3, 0.4) is 0 Å². The molecular formula is C26H22F3NO5S. The largest absolute Gasteiger partial charge is 0.534 e. The van der Waals surface area contributed by atoms with Crippen molar-refractivity contribution in [3.8, 4) is 0 Å². The molecule has 0 N–H and O–H groups in total. The highest BCUT2D eigenvalue weighted by Gasteiger charge is 2.55. The van der Waals surface area contributed by atoms with E-state index in [2.05, 4.69) is 4.18 Å². The quantitative estimate of drug-likeness (QED) is 0.198. The molecule has 0 spiro atoms. The van der Waals surface area contributed by atoms with Crippen LogP contribution < -0.4 is 0 Å². The number of hydrogen-bond donors (Lipinski definition) is 0. The van der Waals surface area contributed by atoms with Crippen molar-refractivity contribution in [2.24, 2.45) is 0 Å². The maximum Gasteiger partial charge on any atom is 0.534 e. The van der Waals surface area contributed by atoms with Crippen LogP contribution in [-0.2, 0) is 29.4 Å². The van der Waals surface area contributed by atoms with Crippen LogP contribution in [-0.4, -0.2) is 44.5 Å². The van der Waals surface area contributed by atoms with E-state index in [-0.39, 0.29) is 6.54 Å². The molecule has 0 radical (unpaired) electrons. The van der Waals surface area contributed by atoms with Crippen molar-refractivity contribution in [2.45, 2.75) is 17.1 Å². The number of carbonyl (C=O) groups is 1. The number of esters is 1. The average Bonchev–Trinajstić information content (AvgIpc) is 3.28. The fourth-order valence-electron chi connectivity index (χ4n) is 4.53. The lowest BCUT2D eigenvalue weighted by Gasteiger charge is -2.45. The number of carbonyl (C=O) groups excluding carboxylic acids is 1. The second kappa shape index (κ2) is 9.79. The summed E-state index contributed by atoms with van der Waals surface area (Å²) < 4.78 is 72.6. The summed E-state index contributed by atoms with van der Waals surface area (Å²) in [6, 6.07) is 25.7. The first kappa shape index (κ1) is 25.5. The van der Waals surface area contributed by atoms with Crippen LogP contribution in [0, 0.1) is 0 Å². The molecule has 188 valence electrons. The zero-order chi connectivity index (χ0) is 26.0. The number of ether oxygens (including phenoxy) is 1. The molecule has 1 heterocycles. The second-order valence-electron chi connectivity index (χ2n) is 7.98. The van der Waals surface area contributed by atoms with E-state index < -0.39 is 38.9 Å². The van der Waals surface area contributed by atoms with E-state index in [0.717, 1.165) is 13.2 Å². The Balaban J connectivity index is 1.98. The minimum atomic E-state index is -6.02. The molecule has 0 saturated carbocycles. The Morgan fingerprint density at radius 1 is 0.833 bits per heavy atom. The first-order valence-electron chi connectivity index (χ1n) is 10.8. The third kappa shape index (κ3) is 4.38. The summed E-state index contributed by atoms with van der Waals surface area (Å²) in [5.74, 6) is -1.64. The maximum atomic E-state index is 13.2. The highest BCUT2D eigenvalue weighted by Crippen LogP contribution is 2.46. The molecule has 0 aromatic heterocycles. The topological polar surface area (TPSA) is 72.9 Å². The lowest BCUT2D eigenvalue weighted by Crippen LogP contribution is -2.54. The fourth-order valence-corrected chi connectivity index (χ4v) is 5.04. The Morgan fingerprint density at radius 3 is 1.61 bits per heavy atom. The van der Waals surface area contributed by atoms with Gasteiger partial charge in [0.15, 0.2) is 6.04 Å². The Hall–Kier alpha value is -3.63. The lowest BCUT2D eigenvalue weighted by molar-refractivity contribution is -0.147. The summed E-state index contributed by atoms with van der Waals surface area (Å²) >= 11 is 0. The third-order valence-corrected chi connectivity index (χ3v) is 6.97. The third-order valence-electron chi connectivity index (χ3n) is 5.99. The van der Waals surface area contributed by atoms with Gasteiger partial charge < -0.3 is 8.92 Å². The van der Waals surface area contributed by atoms with E-state index >= 15 is 0 Å². The van der Waals surface area contributed by atoms with Gasteiger partial charge in [-0.25, -0.2) is 4.79 Å². The van der Waals surface area contributed by atoms with Crippen LogP contribution in [0.25, 0.3) is 0 Å². The number of methoxy groups -OCH3 is 1. The van der Waals surface area contributed by atoms with Crippen molar-refractivity contribution in [1.29, 1.82) is 0 Å². The van der Waals surface area contributed by atoms with Gasteiger partial charge in [0.1, 0.15) is 5.76 Å². The normalized spacial score (nSPS) is 16.9. The van der Waals surface area contributed by atoms with Crippen LogP contribution in [0.1, 0.15) is 16.7 Å². The summed E-state index contributed by atoms with van der Waals surface area (Å²) in [6.07, 6.45) is 1.16. The molecule has 0 aliphatic carbocycles. The molecule has 3 aromatic rings. The summed E-state index contributed by atoms with van der Waals surface area (Å²) in [6.45, 7) is -0.110. The van der Waals surface area contributed by atoms with Crippen molar-refractivity contribution >= 4 is 16.1 Å². The predicted octanol–water partition coefficient (Wildman–Crippen LogP) is 4.59. The molecule has 36 heavy (non-hydrogen) atoms. The number of halogens is 3. The molecule has 0 amide bonds. The van der Waals surface area contributed by atoms with Gasteiger partial charge in [-0.1, -0.05) is 91.0 Å². The average molecular weight is 518 g/mol.